The first kappa shape index (κ1) is 27.4. The van der Waals surface area contributed by atoms with E-state index in [0.29, 0.717) is 55.3 Å². The van der Waals surface area contributed by atoms with E-state index in [1.807, 2.05) is 58.0 Å². The third kappa shape index (κ3) is 6.81. The maximum absolute atomic E-state index is 12.7. The molecule has 1 N–H and O–H groups in total. The van der Waals surface area contributed by atoms with Gasteiger partial charge >= 0.3 is 0 Å². The molecule has 2 aliphatic rings. The summed E-state index contributed by atoms with van der Waals surface area (Å²) < 4.78 is 22.9. The van der Waals surface area contributed by atoms with Crippen molar-refractivity contribution in [1.82, 2.24) is 5.01 Å². The normalized spacial score (nSPS) is 16.0. The molecule has 2 aromatic rings. The SMILES string of the molecule is CCOc1cc(/C=C2/C(=N)N3N=C(C(C)C)SC3=NC2=O)ccc1OCCOCCOc1cccc(C)c1. The zero-order valence-corrected chi connectivity index (χ0v) is 22.8. The van der Waals surface area contributed by atoms with E-state index in [1.54, 1.807) is 18.2 Å². The van der Waals surface area contributed by atoms with Crippen molar-refractivity contribution in [2.75, 3.05) is 33.0 Å². The molecule has 0 aromatic heterocycles. The summed E-state index contributed by atoms with van der Waals surface area (Å²) in [6.45, 7) is 10.0. The van der Waals surface area contributed by atoms with Crippen molar-refractivity contribution in [2.24, 2.45) is 16.0 Å². The minimum absolute atomic E-state index is 0.00460. The number of benzene rings is 2. The lowest BCUT2D eigenvalue weighted by Gasteiger charge is -2.20. The van der Waals surface area contributed by atoms with Gasteiger partial charge in [-0.3, -0.25) is 10.2 Å². The fraction of sp³-hybridized carbons (Fsp3) is 0.357. The number of hydrogen-bond acceptors (Lipinski definition) is 8. The second-order valence-corrected chi connectivity index (χ2v) is 9.87. The number of aliphatic imine (C=N–C) groups is 1. The maximum atomic E-state index is 12.7. The van der Waals surface area contributed by atoms with Crippen molar-refractivity contribution in [2.45, 2.75) is 27.7 Å². The lowest BCUT2D eigenvalue weighted by Crippen LogP contribution is -2.35. The molecule has 38 heavy (non-hydrogen) atoms. The minimum Gasteiger partial charge on any atom is -0.491 e. The molecule has 0 fully saturated rings. The lowest BCUT2D eigenvalue weighted by atomic mass is 10.1. The molecule has 0 atom stereocenters. The fourth-order valence-corrected chi connectivity index (χ4v) is 4.54. The summed E-state index contributed by atoms with van der Waals surface area (Å²) in [6, 6.07) is 13.3. The van der Waals surface area contributed by atoms with Gasteiger partial charge in [-0.05, 0) is 67.1 Å². The van der Waals surface area contributed by atoms with Crippen LogP contribution in [0.1, 0.15) is 31.9 Å². The molecule has 0 aliphatic carbocycles. The van der Waals surface area contributed by atoms with Crippen molar-refractivity contribution in [3.8, 4) is 17.2 Å². The highest BCUT2D eigenvalue weighted by molar-refractivity contribution is 8.27. The molecule has 0 saturated carbocycles. The molecular weight excluding hydrogens is 504 g/mol. The predicted octanol–water partition coefficient (Wildman–Crippen LogP) is 5.14. The monoisotopic (exact) mass is 536 g/mol. The zero-order chi connectivity index (χ0) is 27.1. The van der Waals surface area contributed by atoms with Gasteiger partial charge in [0, 0.05) is 5.92 Å². The third-order valence-electron chi connectivity index (χ3n) is 5.51. The van der Waals surface area contributed by atoms with Gasteiger partial charge in [-0.15, -0.1) is 0 Å². The Hall–Kier alpha value is -3.63. The molecule has 2 aliphatic heterocycles. The molecule has 200 valence electrons. The summed E-state index contributed by atoms with van der Waals surface area (Å²) >= 11 is 1.33. The zero-order valence-electron chi connectivity index (χ0n) is 22.0. The Labute approximate surface area is 227 Å². The van der Waals surface area contributed by atoms with E-state index in [2.05, 4.69) is 10.1 Å². The number of ether oxygens (including phenoxy) is 4. The van der Waals surface area contributed by atoms with Gasteiger partial charge in [0.15, 0.2) is 17.3 Å². The van der Waals surface area contributed by atoms with E-state index in [0.717, 1.165) is 16.4 Å². The van der Waals surface area contributed by atoms with Crippen LogP contribution in [0, 0.1) is 18.3 Å². The Kier molecular flexibility index (Phi) is 9.19. The Bertz CT molecular complexity index is 1290. The van der Waals surface area contributed by atoms with Crippen LogP contribution in [0.5, 0.6) is 17.2 Å². The molecule has 0 bridgehead atoms. The molecule has 4 rings (SSSR count). The van der Waals surface area contributed by atoms with Crippen LogP contribution >= 0.6 is 11.8 Å². The third-order valence-corrected chi connectivity index (χ3v) is 6.72. The van der Waals surface area contributed by atoms with Crippen LogP contribution in [-0.2, 0) is 9.53 Å². The fourth-order valence-electron chi connectivity index (χ4n) is 3.65. The summed E-state index contributed by atoms with van der Waals surface area (Å²) in [5.74, 6) is 1.66. The largest absolute Gasteiger partial charge is 0.491 e. The molecule has 0 spiro atoms. The van der Waals surface area contributed by atoms with Crippen LogP contribution in [0.2, 0.25) is 0 Å². The number of amides is 1. The van der Waals surface area contributed by atoms with Crippen molar-refractivity contribution in [1.29, 1.82) is 5.41 Å². The summed E-state index contributed by atoms with van der Waals surface area (Å²) in [4.78, 5) is 16.8. The quantitative estimate of drug-likeness (QED) is 0.296. The smallest absolute Gasteiger partial charge is 0.283 e. The molecule has 0 unspecified atom stereocenters. The van der Waals surface area contributed by atoms with E-state index in [9.17, 15) is 4.79 Å². The van der Waals surface area contributed by atoms with E-state index in [-0.39, 0.29) is 17.3 Å². The first-order valence-electron chi connectivity index (χ1n) is 12.5. The van der Waals surface area contributed by atoms with E-state index in [1.165, 1.54) is 16.8 Å². The molecule has 10 heteroatoms. The van der Waals surface area contributed by atoms with E-state index < -0.39 is 5.91 Å². The van der Waals surface area contributed by atoms with Gasteiger partial charge < -0.3 is 18.9 Å². The first-order chi connectivity index (χ1) is 18.4. The number of rotatable bonds is 12. The molecule has 0 saturated heterocycles. The number of hydrogen-bond donors (Lipinski definition) is 1. The molecular formula is C28H32N4O5S. The second kappa shape index (κ2) is 12.7. The number of carbonyl (C=O) groups excluding carboxylic acids is 1. The highest BCUT2D eigenvalue weighted by Gasteiger charge is 2.36. The number of nitrogens with zero attached hydrogens (tertiary/aromatic N) is 3. The molecule has 0 radical (unpaired) electrons. The maximum Gasteiger partial charge on any atom is 0.283 e. The average Bonchev–Trinajstić information content (AvgIpc) is 3.32. The van der Waals surface area contributed by atoms with Crippen LogP contribution in [0.4, 0.5) is 0 Å². The van der Waals surface area contributed by atoms with Crippen LogP contribution in [-0.4, -0.2) is 60.0 Å². The Morgan fingerprint density at radius 3 is 2.55 bits per heavy atom. The number of nitrogens with one attached hydrogen (secondary N) is 1. The van der Waals surface area contributed by atoms with Crippen LogP contribution in [0.3, 0.4) is 0 Å². The van der Waals surface area contributed by atoms with Gasteiger partial charge in [0.05, 0.1) is 25.4 Å². The summed E-state index contributed by atoms with van der Waals surface area (Å²) in [5, 5.41) is 15.7. The number of aryl methyl sites for hydroxylation is 1. The number of carbonyl (C=O) groups is 1. The number of hydrazone groups is 1. The first-order valence-corrected chi connectivity index (χ1v) is 13.3. The van der Waals surface area contributed by atoms with Gasteiger partial charge in [0.25, 0.3) is 5.91 Å². The Morgan fingerprint density at radius 2 is 1.82 bits per heavy atom. The Balaban J connectivity index is 1.33. The molecule has 2 heterocycles. The van der Waals surface area contributed by atoms with E-state index in [4.69, 9.17) is 24.4 Å². The van der Waals surface area contributed by atoms with Crippen molar-refractivity contribution in [3.63, 3.8) is 0 Å². The Morgan fingerprint density at radius 1 is 1.03 bits per heavy atom. The highest BCUT2D eigenvalue weighted by atomic mass is 32.2. The van der Waals surface area contributed by atoms with Crippen LogP contribution in [0.15, 0.2) is 58.1 Å². The standard InChI is InChI=1S/C28H32N4O5S/c1-5-35-24-17-20(16-22-25(29)32-28(30-26(22)33)38-27(31-32)18(2)3)9-10-23(24)37-14-12-34-11-13-36-21-8-6-7-19(4)15-21/h6-10,15-18,29H,5,11-14H2,1-4H3/b22-16-,29-25?. The predicted molar refractivity (Wildman–Crippen MR) is 150 cm³/mol. The summed E-state index contributed by atoms with van der Waals surface area (Å²) in [6.07, 6.45) is 1.63. The van der Waals surface area contributed by atoms with Crippen molar-refractivity contribution < 1.29 is 23.7 Å². The molecule has 9 nitrogen and oxygen atoms in total. The summed E-state index contributed by atoms with van der Waals surface area (Å²) in [5.41, 5.74) is 2.01. The average molecular weight is 537 g/mol. The van der Waals surface area contributed by atoms with Gasteiger partial charge in [-0.2, -0.15) is 15.1 Å². The topological polar surface area (TPSA) is 106 Å². The van der Waals surface area contributed by atoms with Gasteiger partial charge in [-0.25, -0.2) is 0 Å². The second-order valence-electron chi connectivity index (χ2n) is 8.88. The van der Waals surface area contributed by atoms with Crippen molar-refractivity contribution in [3.05, 3.63) is 59.2 Å². The minimum atomic E-state index is -0.462. The number of fused-ring (bicyclic) bond motifs is 1. The number of thioether (sulfide) groups is 1. The van der Waals surface area contributed by atoms with Crippen LogP contribution in [0.25, 0.3) is 6.08 Å². The van der Waals surface area contributed by atoms with Gasteiger partial charge in [0.2, 0.25) is 5.17 Å². The van der Waals surface area contributed by atoms with Crippen LogP contribution < -0.4 is 14.2 Å². The van der Waals surface area contributed by atoms with Crippen molar-refractivity contribution >= 4 is 39.8 Å². The van der Waals surface area contributed by atoms with E-state index >= 15 is 0 Å². The molecule has 2 aromatic carbocycles. The number of amidine groups is 2. The highest BCUT2D eigenvalue weighted by Crippen LogP contribution is 2.33. The van der Waals surface area contributed by atoms with Gasteiger partial charge in [0.1, 0.15) is 24.0 Å². The van der Waals surface area contributed by atoms with Gasteiger partial charge in [-0.1, -0.05) is 32.0 Å². The lowest BCUT2D eigenvalue weighted by molar-refractivity contribution is -0.114. The summed E-state index contributed by atoms with van der Waals surface area (Å²) in [7, 11) is 0. The molecule has 1 amide bonds.